The van der Waals surface area contributed by atoms with Gasteiger partial charge in [-0.1, -0.05) is 48.9 Å². The van der Waals surface area contributed by atoms with Crippen molar-refractivity contribution in [1.82, 2.24) is 0 Å². The summed E-state index contributed by atoms with van der Waals surface area (Å²) in [4.78, 5) is 0. The van der Waals surface area contributed by atoms with Crippen LogP contribution in [0.3, 0.4) is 0 Å². The second-order valence-electron chi connectivity index (χ2n) is 5.20. The van der Waals surface area contributed by atoms with Gasteiger partial charge in [0.05, 0.1) is 13.7 Å². The fourth-order valence-corrected chi connectivity index (χ4v) is 2.27. The summed E-state index contributed by atoms with van der Waals surface area (Å²) in [5.74, 6) is 0.889. The molecule has 0 aliphatic heterocycles. The predicted octanol–water partition coefficient (Wildman–Crippen LogP) is 4.62. The van der Waals surface area contributed by atoms with E-state index in [1.54, 1.807) is 7.11 Å². The van der Waals surface area contributed by atoms with Crippen molar-refractivity contribution in [2.24, 2.45) is 0 Å². The second kappa shape index (κ2) is 9.19. The summed E-state index contributed by atoms with van der Waals surface area (Å²) in [6.45, 7) is 1.52. The monoisotopic (exact) mass is 284 g/mol. The van der Waals surface area contributed by atoms with E-state index in [4.69, 9.17) is 9.47 Å². The van der Waals surface area contributed by atoms with E-state index in [2.05, 4.69) is 30.3 Å². The van der Waals surface area contributed by atoms with Gasteiger partial charge < -0.3 is 9.47 Å². The van der Waals surface area contributed by atoms with E-state index < -0.39 is 0 Å². The van der Waals surface area contributed by atoms with Crippen LogP contribution in [0.15, 0.2) is 54.6 Å². The molecule has 2 nitrogen and oxygen atoms in total. The highest BCUT2D eigenvalue weighted by molar-refractivity contribution is 5.26. The maximum absolute atomic E-state index is 5.70. The van der Waals surface area contributed by atoms with E-state index in [9.17, 15) is 0 Å². The largest absolute Gasteiger partial charge is 0.497 e. The van der Waals surface area contributed by atoms with Gasteiger partial charge in [0.2, 0.25) is 0 Å². The third kappa shape index (κ3) is 6.01. The lowest BCUT2D eigenvalue weighted by Crippen LogP contribution is -1.96. The lowest BCUT2D eigenvalue weighted by Gasteiger charge is -2.06. The number of hydrogen-bond acceptors (Lipinski definition) is 2. The van der Waals surface area contributed by atoms with Crippen LogP contribution in [0.2, 0.25) is 0 Å². The van der Waals surface area contributed by atoms with Crippen molar-refractivity contribution < 1.29 is 9.47 Å². The van der Waals surface area contributed by atoms with E-state index >= 15 is 0 Å². The first-order valence-corrected chi connectivity index (χ1v) is 7.63. The molecule has 0 aliphatic carbocycles. The van der Waals surface area contributed by atoms with Gasteiger partial charge in [-0.15, -0.1) is 0 Å². The molecule has 0 fully saturated rings. The Morgan fingerprint density at radius 3 is 2.24 bits per heavy atom. The second-order valence-corrected chi connectivity index (χ2v) is 5.20. The molecular formula is C19H24O2. The molecule has 0 spiro atoms. The number of aryl methyl sites for hydroxylation is 1. The first-order valence-electron chi connectivity index (χ1n) is 7.63. The minimum atomic E-state index is 0.683. The molecular weight excluding hydrogens is 260 g/mol. The summed E-state index contributed by atoms with van der Waals surface area (Å²) >= 11 is 0. The fraction of sp³-hybridized carbons (Fsp3) is 0.368. The van der Waals surface area contributed by atoms with Gasteiger partial charge in [0.1, 0.15) is 5.75 Å². The van der Waals surface area contributed by atoms with Crippen molar-refractivity contribution in [1.29, 1.82) is 0 Å². The van der Waals surface area contributed by atoms with Crippen LogP contribution in [0.1, 0.15) is 30.4 Å². The molecule has 0 amide bonds. The molecule has 0 aromatic heterocycles. The Balaban J connectivity index is 1.51. The quantitative estimate of drug-likeness (QED) is 0.625. The van der Waals surface area contributed by atoms with Crippen LogP contribution in [0, 0.1) is 0 Å². The number of benzene rings is 2. The van der Waals surface area contributed by atoms with Crippen molar-refractivity contribution >= 4 is 0 Å². The van der Waals surface area contributed by atoms with E-state index in [1.165, 1.54) is 30.4 Å². The molecule has 2 rings (SSSR count). The molecule has 0 saturated carbocycles. The van der Waals surface area contributed by atoms with Crippen LogP contribution < -0.4 is 4.74 Å². The molecule has 0 bridgehead atoms. The maximum atomic E-state index is 5.70. The Morgan fingerprint density at radius 2 is 1.52 bits per heavy atom. The molecule has 0 radical (unpaired) electrons. The highest BCUT2D eigenvalue weighted by Crippen LogP contribution is 2.12. The molecule has 0 aliphatic rings. The Bertz CT molecular complexity index is 491. The number of hydrogen-bond donors (Lipinski definition) is 0. The average molecular weight is 284 g/mol. The number of unbranched alkanes of at least 4 members (excludes halogenated alkanes) is 2. The van der Waals surface area contributed by atoms with Gasteiger partial charge in [0.25, 0.3) is 0 Å². The topological polar surface area (TPSA) is 18.5 Å². The zero-order valence-electron chi connectivity index (χ0n) is 12.8. The number of ether oxygens (including phenoxy) is 2. The van der Waals surface area contributed by atoms with Crippen LogP contribution in [-0.2, 0) is 17.8 Å². The smallest absolute Gasteiger partial charge is 0.118 e. The van der Waals surface area contributed by atoms with Crippen molar-refractivity contribution in [3.63, 3.8) is 0 Å². The fourth-order valence-electron chi connectivity index (χ4n) is 2.27. The molecule has 2 heteroatoms. The maximum Gasteiger partial charge on any atom is 0.118 e. The minimum absolute atomic E-state index is 0.683. The first kappa shape index (κ1) is 15.6. The van der Waals surface area contributed by atoms with Gasteiger partial charge in [0.15, 0.2) is 0 Å². The normalized spacial score (nSPS) is 10.5. The van der Waals surface area contributed by atoms with Crippen LogP contribution in [-0.4, -0.2) is 13.7 Å². The lowest BCUT2D eigenvalue weighted by atomic mass is 10.1. The Morgan fingerprint density at radius 1 is 0.762 bits per heavy atom. The van der Waals surface area contributed by atoms with E-state index in [0.29, 0.717) is 6.61 Å². The summed E-state index contributed by atoms with van der Waals surface area (Å²) in [7, 11) is 1.68. The number of rotatable bonds is 9. The molecule has 2 aromatic carbocycles. The van der Waals surface area contributed by atoms with E-state index in [-0.39, 0.29) is 0 Å². The standard InChI is InChI=1S/C19H24O2/c1-20-19-13-11-18(12-14-19)16-21-15-7-3-6-10-17-8-4-2-5-9-17/h2,4-5,8-9,11-14H,3,6-7,10,15-16H2,1H3. The molecule has 0 atom stereocenters. The van der Waals surface area contributed by atoms with Crippen molar-refractivity contribution in [3.8, 4) is 5.75 Å². The summed E-state index contributed by atoms with van der Waals surface area (Å²) < 4.78 is 10.8. The molecule has 0 N–H and O–H groups in total. The van der Waals surface area contributed by atoms with Gasteiger partial charge in [-0.25, -0.2) is 0 Å². The van der Waals surface area contributed by atoms with Crippen molar-refractivity contribution in [2.45, 2.75) is 32.3 Å². The van der Waals surface area contributed by atoms with Crippen LogP contribution in [0.4, 0.5) is 0 Å². The third-order valence-electron chi connectivity index (χ3n) is 3.52. The molecule has 0 saturated heterocycles. The van der Waals surface area contributed by atoms with Crippen LogP contribution in [0.25, 0.3) is 0 Å². The summed E-state index contributed by atoms with van der Waals surface area (Å²) in [5.41, 5.74) is 2.62. The van der Waals surface area contributed by atoms with Crippen LogP contribution >= 0.6 is 0 Å². The SMILES string of the molecule is COc1ccc(COCCCCCc2ccccc2)cc1. The highest BCUT2D eigenvalue weighted by atomic mass is 16.5. The lowest BCUT2D eigenvalue weighted by molar-refractivity contribution is 0.117. The minimum Gasteiger partial charge on any atom is -0.497 e. The van der Waals surface area contributed by atoms with Crippen molar-refractivity contribution in [2.75, 3.05) is 13.7 Å². The Labute approximate surface area is 127 Å². The zero-order valence-corrected chi connectivity index (χ0v) is 12.8. The van der Waals surface area contributed by atoms with E-state index in [1.807, 2.05) is 24.3 Å². The summed E-state index contributed by atoms with van der Waals surface area (Å²) in [6, 6.07) is 18.7. The van der Waals surface area contributed by atoms with E-state index in [0.717, 1.165) is 18.8 Å². The van der Waals surface area contributed by atoms with Gasteiger partial charge in [-0.3, -0.25) is 0 Å². The molecule has 0 unspecified atom stereocenters. The van der Waals surface area contributed by atoms with Gasteiger partial charge >= 0.3 is 0 Å². The van der Waals surface area contributed by atoms with Crippen LogP contribution in [0.5, 0.6) is 5.75 Å². The Kier molecular flexibility index (Phi) is 6.82. The van der Waals surface area contributed by atoms with Crippen molar-refractivity contribution in [3.05, 3.63) is 65.7 Å². The summed E-state index contributed by atoms with van der Waals surface area (Å²) in [6.07, 6.45) is 4.75. The van der Waals surface area contributed by atoms with Gasteiger partial charge in [-0.05, 0) is 42.5 Å². The highest BCUT2D eigenvalue weighted by Gasteiger charge is 1.96. The summed E-state index contributed by atoms with van der Waals surface area (Å²) in [5, 5.41) is 0. The average Bonchev–Trinajstić information content (AvgIpc) is 2.55. The zero-order chi connectivity index (χ0) is 14.8. The third-order valence-corrected chi connectivity index (χ3v) is 3.52. The molecule has 112 valence electrons. The van der Waals surface area contributed by atoms with Gasteiger partial charge in [0, 0.05) is 6.61 Å². The molecule has 0 heterocycles. The molecule has 2 aromatic rings. The predicted molar refractivity (Wildman–Crippen MR) is 86.6 cm³/mol. The Hall–Kier alpha value is -1.80. The van der Waals surface area contributed by atoms with Gasteiger partial charge in [-0.2, -0.15) is 0 Å². The number of methoxy groups -OCH3 is 1. The molecule has 21 heavy (non-hydrogen) atoms. The first-order chi connectivity index (χ1) is 10.4.